The molecular weight excluding hydrogens is 128 g/mol. The van der Waals surface area contributed by atoms with Crippen molar-refractivity contribution in [2.24, 2.45) is 0 Å². The average molecular weight is 145 g/mol. The number of ether oxygens (including phenoxy) is 2. The van der Waals surface area contributed by atoms with Gasteiger partial charge in [0.2, 0.25) is 0 Å². The molecule has 0 spiro atoms. The van der Waals surface area contributed by atoms with Gasteiger partial charge in [-0.3, -0.25) is 0 Å². The second-order valence-electron chi connectivity index (χ2n) is 2.02. The van der Waals surface area contributed by atoms with Gasteiger partial charge in [-0.15, -0.1) is 0 Å². The van der Waals surface area contributed by atoms with Gasteiger partial charge in [-0.05, 0) is 26.7 Å². The molecule has 0 atom stereocenters. The normalized spacial score (nSPS) is 10.2. The largest absolute Gasteiger partial charge is 0.382 e. The van der Waals surface area contributed by atoms with Gasteiger partial charge in [0.05, 0.1) is 0 Å². The van der Waals surface area contributed by atoms with E-state index in [1.54, 1.807) is 0 Å². The maximum absolute atomic E-state index is 5.14. The molecule has 0 bridgehead atoms. The Kier molecular flexibility index (Phi) is 8.85. The van der Waals surface area contributed by atoms with Gasteiger partial charge in [0.1, 0.15) is 0 Å². The minimum absolute atomic E-state index is 0.578. The molecule has 0 saturated carbocycles. The van der Waals surface area contributed by atoms with Gasteiger partial charge in [-0.1, -0.05) is 0 Å². The summed E-state index contributed by atoms with van der Waals surface area (Å²) in [5, 5.41) is 0. The predicted molar refractivity (Wildman–Crippen MR) is 41.9 cm³/mol. The monoisotopic (exact) mass is 145 g/mol. The fourth-order valence-electron chi connectivity index (χ4n) is 0.655. The van der Waals surface area contributed by atoms with Crippen LogP contribution < -0.4 is 0 Å². The highest BCUT2D eigenvalue weighted by atomic mass is 16.5. The summed E-state index contributed by atoms with van der Waals surface area (Å²) in [6, 6.07) is 0. The van der Waals surface area contributed by atoms with E-state index in [9.17, 15) is 0 Å². The second kappa shape index (κ2) is 8.92. The number of hydrogen-bond acceptors (Lipinski definition) is 2. The topological polar surface area (TPSA) is 18.5 Å². The van der Waals surface area contributed by atoms with E-state index < -0.39 is 0 Å². The highest BCUT2D eigenvalue weighted by Gasteiger charge is 1.86. The summed E-state index contributed by atoms with van der Waals surface area (Å²) in [6.07, 6.45) is 2.17. The molecule has 0 aliphatic carbocycles. The van der Waals surface area contributed by atoms with Crippen molar-refractivity contribution in [2.75, 3.05) is 26.4 Å². The molecule has 0 unspecified atom stereocenters. The molecule has 0 heterocycles. The molecule has 0 aliphatic heterocycles. The van der Waals surface area contributed by atoms with Crippen LogP contribution in [0.15, 0.2) is 0 Å². The Balaban J connectivity index is 2.65. The first-order chi connectivity index (χ1) is 4.91. The molecule has 2 heteroatoms. The zero-order chi connectivity index (χ0) is 7.66. The maximum atomic E-state index is 5.14. The van der Waals surface area contributed by atoms with Gasteiger partial charge < -0.3 is 9.47 Å². The van der Waals surface area contributed by atoms with Crippen LogP contribution in [0.4, 0.5) is 0 Å². The van der Waals surface area contributed by atoms with Gasteiger partial charge in [-0.2, -0.15) is 0 Å². The lowest BCUT2D eigenvalue weighted by Gasteiger charge is -2.00. The molecule has 0 amide bonds. The first-order valence-electron chi connectivity index (χ1n) is 3.86. The zero-order valence-electron chi connectivity index (χ0n) is 6.77. The van der Waals surface area contributed by atoms with E-state index in [1.165, 1.54) is 0 Å². The maximum Gasteiger partial charge on any atom is 0.0466 e. The molecular formula is C8H17O2. The van der Waals surface area contributed by atoms with E-state index in [1.807, 2.05) is 6.92 Å². The molecule has 0 N–H and O–H groups in total. The van der Waals surface area contributed by atoms with E-state index in [0.29, 0.717) is 6.61 Å². The first kappa shape index (κ1) is 9.92. The van der Waals surface area contributed by atoms with Crippen molar-refractivity contribution in [3.8, 4) is 0 Å². The van der Waals surface area contributed by atoms with E-state index in [0.717, 1.165) is 32.7 Å². The van der Waals surface area contributed by atoms with E-state index in [4.69, 9.17) is 9.47 Å². The van der Waals surface area contributed by atoms with Gasteiger partial charge >= 0.3 is 0 Å². The molecule has 61 valence electrons. The molecule has 1 radical (unpaired) electrons. The van der Waals surface area contributed by atoms with E-state index in [2.05, 4.69) is 6.92 Å². The van der Waals surface area contributed by atoms with Crippen molar-refractivity contribution in [2.45, 2.75) is 19.8 Å². The van der Waals surface area contributed by atoms with E-state index in [-0.39, 0.29) is 0 Å². The summed E-state index contributed by atoms with van der Waals surface area (Å²) >= 11 is 0. The van der Waals surface area contributed by atoms with Crippen molar-refractivity contribution in [3.05, 3.63) is 6.92 Å². The molecule has 2 nitrogen and oxygen atoms in total. The van der Waals surface area contributed by atoms with Crippen molar-refractivity contribution >= 4 is 0 Å². The summed E-state index contributed by atoms with van der Waals surface area (Å²) < 4.78 is 10.2. The smallest absolute Gasteiger partial charge is 0.0466 e. The third-order valence-electron chi connectivity index (χ3n) is 1.18. The number of hydrogen-bond donors (Lipinski definition) is 0. The number of rotatable bonds is 7. The standard InChI is InChI=1S/C8H17O2/c1-3-9-7-5-6-8-10-4-2/h1,3-8H2,2H3. The van der Waals surface area contributed by atoms with Gasteiger partial charge in [0.15, 0.2) is 0 Å². The van der Waals surface area contributed by atoms with Crippen LogP contribution in [0, 0.1) is 6.92 Å². The first-order valence-corrected chi connectivity index (χ1v) is 3.86. The molecule has 0 aliphatic rings. The minimum atomic E-state index is 0.578. The fourth-order valence-corrected chi connectivity index (χ4v) is 0.655. The third kappa shape index (κ3) is 7.92. The van der Waals surface area contributed by atoms with E-state index >= 15 is 0 Å². The van der Waals surface area contributed by atoms with Crippen molar-refractivity contribution < 1.29 is 9.47 Å². The van der Waals surface area contributed by atoms with Crippen LogP contribution >= 0.6 is 0 Å². The molecule has 0 fully saturated rings. The molecule has 10 heavy (non-hydrogen) atoms. The summed E-state index contributed by atoms with van der Waals surface area (Å²) in [7, 11) is 0. The predicted octanol–water partition coefficient (Wildman–Crippen LogP) is 1.65. The lowest BCUT2D eigenvalue weighted by Crippen LogP contribution is -1.98. The summed E-state index contributed by atoms with van der Waals surface area (Å²) in [5.74, 6) is 0. The molecule has 0 rings (SSSR count). The van der Waals surface area contributed by atoms with Crippen LogP contribution in [0.3, 0.4) is 0 Å². The van der Waals surface area contributed by atoms with Crippen molar-refractivity contribution in [3.63, 3.8) is 0 Å². The minimum Gasteiger partial charge on any atom is -0.382 e. The van der Waals surface area contributed by atoms with Gasteiger partial charge in [0, 0.05) is 26.4 Å². The fraction of sp³-hybridized carbons (Fsp3) is 0.875. The van der Waals surface area contributed by atoms with Crippen LogP contribution in [-0.2, 0) is 9.47 Å². The Labute approximate surface area is 63.5 Å². The molecule has 0 aromatic carbocycles. The summed E-state index contributed by atoms with van der Waals surface area (Å²) in [4.78, 5) is 0. The number of unbranched alkanes of at least 4 members (excludes halogenated alkanes) is 1. The van der Waals surface area contributed by atoms with Crippen LogP contribution in [0.1, 0.15) is 19.8 Å². The zero-order valence-corrected chi connectivity index (χ0v) is 6.77. The SMILES string of the molecule is [CH2]COCCCCOCC. The second-order valence-corrected chi connectivity index (χ2v) is 2.02. The quantitative estimate of drug-likeness (QED) is 0.507. The van der Waals surface area contributed by atoms with Crippen LogP contribution in [0.25, 0.3) is 0 Å². The highest BCUT2D eigenvalue weighted by Crippen LogP contribution is 1.90. The third-order valence-corrected chi connectivity index (χ3v) is 1.18. The molecule has 0 aromatic rings. The average Bonchev–Trinajstić information content (AvgIpc) is 1.97. The Hall–Kier alpha value is -0.0800. The summed E-state index contributed by atoms with van der Waals surface area (Å²) in [5.41, 5.74) is 0. The Morgan fingerprint density at radius 2 is 1.70 bits per heavy atom. The Morgan fingerprint density at radius 3 is 2.20 bits per heavy atom. The lowest BCUT2D eigenvalue weighted by molar-refractivity contribution is 0.120. The van der Waals surface area contributed by atoms with Gasteiger partial charge in [-0.25, -0.2) is 0 Å². The Morgan fingerprint density at radius 1 is 1.10 bits per heavy atom. The molecule has 0 aromatic heterocycles. The van der Waals surface area contributed by atoms with Crippen LogP contribution in [0.2, 0.25) is 0 Å². The summed E-state index contributed by atoms with van der Waals surface area (Å²) in [6.45, 7) is 8.64. The molecule has 0 saturated heterocycles. The van der Waals surface area contributed by atoms with Gasteiger partial charge in [0.25, 0.3) is 0 Å². The van der Waals surface area contributed by atoms with Crippen molar-refractivity contribution in [1.29, 1.82) is 0 Å². The Bertz CT molecular complexity index is 47.2. The van der Waals surface area contributed by atoms with Crippen LogP contribution in [-0.4, -0.2) is 26.4 Å². The highest BCUT2D eigenvalue weighted by molar-refractivity contribution is 4.38. The lowest BCUT2D eigenvalue weighted by atomic mass is 10.3. The van der Waals surface area contributed by atoms with Crippen molar-refractivity contribution in [1.82, 2.24) is 0 Å². The van der Waals surface area contributed by atoms with Crippen LogP contribution in [0.5, 0.6) is 0 Å².